The Morgan fingerprint density at radius 1 is 1.32 bits per heavy atom. The van der Waals surface area contributed by atoms with E-state index in [0.717, 1.165) is 6.42 Å². The van der Waals surface area contributed by atoms with Crippen LogP contribution in [0.4, 0.5) is 0 Å². The van der Waals surface area contributed by atoms with Crippen molar-refractivity contribution in [1.82, 2.24) is 15.0 Å². The van der Waals surface area contributed by atoms with Gasteiger partial charge in [-0.15, -0.1) is 0 Å². The molecule has 0 aromatic carbocycles. The predicted octanol–water partition coefficient (Wildman–Crippen LogP) is 1.98. The molecule has 132 valence electrons. The van der Waals surface area contributed by atoms with Gasteiger partial charge in [-0.1, -0.05) is 13.0 Å². The van der Waals surface area contributed by atoms with Crippen LogP contribution in [0.3, 0.4) is 0 Å². The number of aromatic nitrogens is 1. The first-order chi connectivity index (χ1) is 12.1. The van der Waals surface area contributed by atoms with Gasteiger partial charge < -0.3 is 19.8 Å². The highest BCUT2D eigenvalue weighted by Crippen LogP contribution is 2.31. The molecule has 4 rings (SSSR count). The second-order valence-electron chi connectivity index (χ2n) is 7.11. The number of methoxy groups -OCH3 is 1. The Hall–Kier alpha value is -2.34. The zero-order valence-corrected chi connectivity index (χ0v) is 14.5. The van der Waals surface area contributed by atoms with E-state index in [9.17, 15) is 9.59 Å². The molecule has 2 aliphatic heterocycles. The van der Waals surface area contributed by atoms with Crippen LogP contribution in [0.2, 0.25) is 0 Å². The number of amides is 1. The summed E-state index contributed by atoms with van der Waals surface area (Å²) in [5, 5.41) is 6.82. The summed E-state index contributed by atoms with van der Waals surface area (Å²) in [5.74, 6) is -0.181. The molecule has 2 fully saturated rings. The number of carbonyl (C=O) groups excluding carboxylic acids is 2. The van der Waals surface area contributed by atoms with Gasteiger partial charge in [-0.25, -0.2) is 4.79 Å². The van der Waals surface area contributed by atoms with Crippen LogP contribution in [0.25, 0.3) is 5.52 Å². The van der Waals surface area contributed by atoms with E-state index < -0.39 is 5.97 Å². The summed E-state index contributed by atoms with van der Waals surface area (Å²) in [5.41, 5.74) is 1.55. The van der Waals surface area contributed by atoms with Crippen molar-refractivity contribution in [3.8, 4) is 0 Å². The average molecular weight is 341 g/mol. The van der Waals surface area contributed by atoms with Crippen molar-refractivity contribution >= 4 is 17.4 Å². The van der Waals surface area contributed by atoms with Crippen molar-refractivity contribution in [2.75, 3.05) is 7.11 Å². The van der Waals surface area contributed by atoms with Gasteiger partial charge in [-0.2, -0.15) is 0 Å². The Kier molecular flexibility index (Phi) is 4.00. The summed E-state index contributed by atoms with van der Waals surface area (Å²) in [4.78, 5) is 25.0. The van der Waals surface area contributed by atoms with E-state index >= 15 is 0 Å². The van der Waals surface area contributed by atoms with Crippen molar-refractivity contribution < 1.29 is 14.3 Å². The number of piperidine rings is 1. The van der Waals surface area contributed by atoms with Gasteiger partial charge in [-0.05, 0) is 43.4 Å². The number of pyridine rings is 1. The third kappa shape index (κ3) is 2.70. The molecule has 2 bridgehead atoms. The Balaban J connectivity index is 1.63. The van der Waals surface area contributed by atoms with Crippen LogP contribution in [0.1, 0.15) is 47.0 Å². The average Bonchev–Trinajstić information content (AvgIpc) is 3.21. The maximum Gasteiger partial charge on any atom is 0.340 e. The highest BCUT2D eigenvalue weighted by atomic mass is 16.5. The molecular weight excluding hydrogens is 318 g/mol. The van der Waals surface area contributed by atoms with E-state index in [2.05, 4.69) is 17.6 Å². The lowest BCUT2D eigenvalue weighted by Gasteiger charge is -2.35. The normalized spacial score (nSPS) is 28.1. The summed E-state index contributed by atoms with van der Waals surface area (Å²) in [6, 6.07) is 8.27. The topological polar surface area (TPSA) is 71.8 Å². The van der Waals surface area contributed by atoms with Gasteiger partial charge >= 0.3 is 5.97 Å². The fraction of sp³-hybridized carbons (Fsp3) is 0.474. The smallest absolute Gasteiger partial charge is 0.340 e. The Morgan fingerprint density at radius 3 is 2.96 bits per heavy atom. The number of ether oxygens (including phenoxy) is 1. The van der Waals surface area contributed by atoms with Gasteiger partial charge in [0.15, 0.2) is 0 Å². The van der Waals surface area contributed by atoms with Crippen LogP contribution in [-0.2, 0) is 4.74 Å². The maximum absolute atomic E-state index is 12.9. The van der Waals surface area contributed by atoms with Crippen LogP contribution in [-0.4, -0.2) is 41.5 Å². The minimum Gasteiger partial charge on any atom is -0.465 e. The van der Waals surface area contributed by atoms with E-state index in [4.69, 9.17) is 4.74 Å². The monoisotopic (exact) mass is 341 g/mol. The van der Waals surface area contributed by atoms with Gasteiger partial charge in [0.2, 0.25) is 0 Å². The van der Waals surface area contributed by atoms with Crippen molar-refractivity contribution in [1.29, 1.82) is 0 Å². The zero-order valence-electron chi connectivity index (χ0n) is 14.5. The lowest BCUT2D eigenvalue weighted by atomic mass is 9.88. The van der Waals surface area contributed by atoms with E-state index in [-0.39, 0.29) is 11.9 Å². The van der Waals surface area contributed by atoms with Gasteiger partial charge in [0.25, 0.3) is 5.91 Å². The molecule has 1 amide bonds. The maximum atomic E-state index is 12.9. The molecule has 6 heteroatoms. The second kappa shape index (κ2) is 6.19. The van der Waals surface area contributed by atoms with E-state index in [0.29, 0.717) is 34.8 Å². The quantitative estimate of drug-likeness (QED) is 0.838. The predicted molar refractivity (Wildman–Crippen MR) is 93.7 cm³/mol. The molecule has 4 heterocycles. The summed E-state index contributed by atoms with van der Waals surface area (Å²) in [6.07, 6.45) is 5.11. The molecule has 0 saturated carbocycles. The minimum absolute atomic E-state index is 0.144. The first kappa shape index (κ1) is 16.1. The van der Waals surface area contributed by atoms with Crippen LogP contribution in [0.15, 0.2) is 30.5 Å². The van der Waals surface area contributed by atoms with Gasteiger partial charge in [0, 0.05) is 24.3 Å². The van der Waals surface area contributed by atoms with E-state index in [1.165, 1.54) is 20.0 Å². The molecule has 4 atom stereocenters. The minimum atomic E-state index is -0.434. The molecule has 2 aromatic rings. The lowest BCUT2D eigenvalue weighted by Crippen LogP contribution is -2.53. The number of nitrogens with zero attached hydrogens (tertiary/aromatic N) is 1. The molecule has 2 saturated heterocycles. The lowest BCUT2D eigenvalue weighted by molar-refractivity contribution is 0.0603. The number of hydrogen-bond acceptors (Lipinski definition) is 4. The molecule has 25 heavy (non-hydrogen) atoms. The van der Waals surface area contributed by atoms with Crippen molar-refractivity contribution in [3.63, 3.8) is 0 Å². The molecule has 4 unspecified atom stereocenters. The number of hydrogen-bond donors (Lipinski definition) is 2. The first-order valence-electron chi connectivity index (χ1n) is 8.84. The molecule has 0 spiro atoms. The SMILES string of the molecule is COC(=O)c1cc(C(=O)NC2CC3CCC(N3)C2C)n2ccccc12. The third-order valence-corrected chi connectivity index (χ3v) is 5.71. The number of carbonyl (C=O) groups is 2. The van der Waals surface area contributed by atoms with Crippen molar-refractivity contribution in [2.45, 2.75) is 44.3 Å². The van der Waals surface area contributed by atoms with E-state index in [1.807, 2.05) is 18.2 Å². The molecule has 2 aromatic heterocycles. The fourth-order valence-electron chi connectivity index (χ4n) is 4.29. The number of rotatable bonds is 3. The van der Waals surface area contributed by atoms with Crippen LogP contribution < -0.4 is 10.6 Å². The second-order valence-corrected chi connectivity index (χ2v) is 7.11. The highest BCUT2D eigenvalue weighted by molar-refractivity contribution is 6.03. The molecule has 0 radical (unpaired) electrons. The zero-order chi connectivity index (χ0) is 17.6. The summed E-state index contributed by atoms with van der Waals surface area (Å²) in [7, 11) is 1.35. The Bertz CT molecular complexity index is 828. The Morgan fingerprint density at radius 2 is 2.16 bits per heavy atom. The third-order valence-electron chi connectivity index (χ3n) is 5.71. The van der Waals surface area contributed by atoms with Gasteiger partial charge in [-0.3, -0.25) is 4.79 Å². The van der Waals surface area contributed by atoms with Gasteiger partial charge in [0.1, 0.15) is 5.69 Å². The fourth-order valence-corrected chi connectivity index (χ4v) is 4.29. The Labute approximate surface area is 146 Å². The molecule has 0 aliphatic carbocycles. The molecule has 2 N–H and O–H groups in total. The number of fused-ring (bicyclic) bond motifs is 3. The first-order valence-corrected chi connectivity index (χ1v) is 8.84. The van der Waals surface area contributed by atoms with Crippen LogP contribution >= 0.6 is 0 Å². The summed E-state index contributed by atoms with van der Waals surface area (Å²) >= 11 is 0. The molecular formula is C19H23N3O3. The molecule has 2 aliphatic rings. The van der Waals surface area contributed by atoms with Crippen LogP contribution in [0, 0.1) is 5.92 Å². The summed E-state index contributed by atoms with van der Waals surface area (Å²) in [6.45, 7) is 2.19. The summed E-state index contributed by atoms with van der Waals surface area (Å²) < 4.78 is 6.60. The number of nitrogens with one attached hydrogen (secondary N) is 2. The largest absolute Gasteiger partial charge is 0.465 e. The highest BCUT2D eigenvalue weighted by Gasteiger charge is 2.39. The molecule has 6 nitrogen and oxygen atoms in total. The van der Waals surface area contributed by atoms with E-state index in [1.54, 1.807) is 16.7 Å². The number of esters is 1. The standard InChI is InChI=1S/C19H23N3O3/c1-11-14-7-6-12(20-14)9-15(11)21-18(23)17-10-13(19(24)25-2)16-5-3-4-8-22(16)17/h3-5,8,10-12,14-15,20H,6-7,9H2,1-2H3,(H,21,23). The van der Waals surface area contributed by atoms with Gasteiger partial charge in [0.05, 0.1) is 18.2 Å². The van der Waals surface area contributed by atoms with Crippen molar-refractivity contribution in [2.24, 2.45) is 5.92 Å². The van der Waals surface area contributed by atoms with Crippen molar-refractivity contribution in [3.05, 3.63) is 41.7 Å². The van der Waals surface area contributed by atoms with Crippen LogP contribution in [0.5, 0.6) is 0 Å².